The van der Waals surface area contributed by atoms with Gasteiger partial charge in [-0.05, 0) is 50.6 Å². The first-order valence-electron chi connectivity index (χ1n) is 8.45. The molecule has 0 saturated carbocycles. The molecule has 2 N–H and O–H groups in total. The fraction of sp³-hybridized carbons (Fsp3) is 0.200. The molecule has 0 spiro atoms. The zero-order valence-corrected chi connectivity index (χ0v) is 15.0. The summed E-state index contributed by atoms with van der Waals surface area (Å²) in [6.45, 7) is 6.54. The number of nitrogens with two attached hydrogens (primary N) is 1. The summed E-state index contributed by atoms with van der Waals surface area (Å²) in [5, 5.41) is 0. The molecule has 0 aliphatic heterocycles. The second-order valence-electron chi connectivity index (χ2n) is 7.21. The SMILES string of the molecule is CC(C)(C)n1c(-c2ccncc2)nc2cc(-c3cnc(N)nc3)ccc21. The molecule has 3 heterocycles. The molecule has 0 unspecified atom stereocenters. The van der Waals surface area contributed by atoms with Crippen molar-refractivity contribution in [3.8, 4) is 22.5 Å². The van der Waals surface area contributed by atoms with Gasteiger partial charge in [-0.1, -0.05) is 6.07 Å². The molecule has 3 aromatic heterocycles. The summed E-state index contributed by atoms with van der Waals surface area (Å²) in [7, 11) is 0. The molecule has 0 aliphatic carbocycles. The average Bonchev–Trinajstić information content (AvgIpc) is 3.02. The van der Waals surface area contributed by atoms with Crippen LogP contribution in [0.3, 0.4) is 0 Å². The molecular formula is C20H20N6. The van der Waals surface area contributed by atoms with Gasteiger partial charge in [0.25, 0.3) is 0 Å². The molecular weight excluding hydrogens is 324 g/mol. The normalized spacial score (nSPS) is 11.8. The van der Waals surface area contributed by atoms with E-state index in [1.807, 2.05) is 12.1 Å². The van der Waals surface area contributed by atoms with Crippen LogP contribution in [0.15, 0.2) is 55.1 Å². The van der Waals surface area contributed by atoms with E-state index in [-0.39, 0.29) is 11.5 Å². The Morgan fingerprint density at radius 2 is 1.58 bits per heavy atom. The molecule has 0 bridgehead atoms. The van der Waals surface area contributed by atoms with Crippen molar-refractivity contribution in [1.82, 2.24) is 24.5 Å². The zero-order chi connectivity index (χ0) is 18.3. The first-order chi connectivity index (χ1) is 12.4. The van der Waals surface area contributed by atoms with Gasteiger partial charge in [-0.15, -0.1) is 0 Å². The van der Waals surface area contributed by atoms with E-state index in [0.29, 0.717) is 0 Å². The van der Waals surface area contributed by atoms with Gasteiger partial charge in [0.15, 0.2) is 0 Å². The second kappa shape index (κ2) is 5.91. The van der Waals surface area contributed by atoms with E-state index in [9.17, 15) is 0 Å². The topological polar surface area (TPSA) is 82.5 Å². The van der Waals surface area contributed by atoms with Crippen molar-refractivity contribution in [2.45, 2.75) is 26.3 Å². The number of benzene rings is 1. The lowest BCUT2D eigenvalue weighted by molar-refractivity contribution is 0.413. The van der Waals surface area contributed by atoms with Crippen LogP contribution in [0, 0.1) is 0 Å². The number of pyridine rings is 1. The van der Waals surface area contributed by atoms with Gasteiger partial charge in [0.1, 0.15) is 5.82 Å². The number of rotatable bonds is 2. The minimum atomic E-state index is -0.112. The highest BCUT2D eigenvalue weighted by molar-refractivity contribution is 5.85. The van der Waals surface area contributed by atoms with Gasteiger partial charge in [0.2, 0.25) is 5.95 Å². The van der Waals surface area contributed by atoms with E-state index in [4.69, 9.17) is 10.7 Å². The number of fused-ring (bicyclic) bond motifs is 1. The second-order valence-corrected chi connectivity index (χ2v) is 7.21. The number of hydrogen-bond acceptors (Lipinski definition) is 5. The van der Waals surface area contributed by atoms with Crippen molar-refractivity contribution in [2.24, 2.45) is 0 Å². The van der Waals surface area contributed by atoms with Crippen LogP contribution in [0.2, 0.25) is 0 Å². The number of aromatic nitrogens is 5. The molecule has 4 aromatic rings. The van der Waals surface area contributed by atoms with Crippen molar-refractivity contribution in [2.75, 3.05) is 5.73 Å². The minimum Gasteiger partial charge on any atom is -0.368 e. The Bertz CT molecular complexity index is 1060. The zero-order valence-electron chi connectivity index (χ0n) is 15.0. The van der Waals surface area contributed by atoms with Gasteiger partial charge >= 0.3 is 0 Å². The van der Waals surface area contributed by atoms with Gasteiger partial charge in [0.05, 0.1) is 11.0 Å². The smallest absolute Gasteiger partial charge is 0.219 e. The Morgan fingerprint density at radius 3 is 2.23 bits per heavy atom. The van der Waals surface area contributed by atoms with Crippen LogP contribution in [0.4, 0.5) is 5.95 Å². The van der Waals surface area contributed by atoms with E-state index in [1.54, 1.807) is 24.8 Å². The highest BCUT2D eigenvalue weighted by Gasteiger charge is 2.22. The van der Waals surface area contributed by atoms with Crippen molar-refractivity contribution in [3.05, 3.63) is 55.1 Å². The van der Waals surface area contributed by atoms with Crippen LogP contribution < -0.4 is 5.73 Å². The molecule has 0 fully saturated rings. The van der Waals surface area contributed by atoms with Crippen molar-refractivity contribution in [3.63, 3.8) is 0 Å². The summed E-state index contributed by atoms with van der Waals surface area (Å²) < 4.78 is 2.26. The summed E-state index contributed by atoms with van der Waals surface area (Å²) in [6.07, 6.45) is 7.04. The molecule has 4 rings (SSSR count). The maximum Gasteiger partial charge on any atom is 0.219 e. The number of nitrogens with zero attached hydrogens (tertiary/aromatic N) is 5. The molecule has 0 amide bonds. The Hall–Kier alpha value is -3.28. The summed E-state index contributed by atoms with van der Waals surface area (Å²) in [4.78, 5) is 17.2. The molecule has 6 nitrogen and oxygen atoms in total. The molecule has 0 aliphatic rings. The number of imidazole rings is 1. The Labute approximate surface area is 151 Å². The maximum atomic E-state index is 5.59. The maximum absolute atomic E-state index is 5.59. The fourth-order valence-electron chi connectivity index (χ4n) is 3.12. The van der Waals surface area contributed by atoms with E-state index in [1.165, 1.54) is 0 Å². The van der Waals surface area contributed by atoms with Crippen LogP contribution >= 0.6 is 0 Å². The van der Waals surface area contributed by atoms with Gasteiger partial charge in [-0.3, -0.25) is 4.98 Å². The monoisotopic (exact) mass is 344 g/mol. The van der Waals surface area contributed by atoms with Gasteiger partial charge in [0, 0.05) is 41.5 Å². The first kappa shape index (κ1) is 16.2. The summed E-state index contributed by atoms with van der Waals surface area (Å²) in [5.74, 6) is 1.20. The van der Waals surface area contributed by atoms with Gasteiger partial charge < -0.3 is 10.3 Å². The van der Waals surface area contributed by atoms with E-state index >= 15 is 0 Å². The molecule has 130 valence electrons. The standard InChI is InChI=1S/C20H20N6/c1-20(2,3)26-17-5-4-14(15-11-23-19(21)24-12-15)10-16(17)25-18(26)13-6-8-22-9-7-13/h4-12H,1-3H3,(H2,21,23,24). The number of anilines is 1. The van der Waals surface area contributed by atoms with Crippen molar-refractivity contribution < 1.29 is 0 Å². The highest BCUT2D eigenvalue weighted by Crippen LogP contribution is 2.33. The minimum absolute atomic E-state index is 0.112. The predicted octanol–water partition coefficient (Wildman–Crippen LogP) is 3.89. The quantitative estimate of drug-likeness (QED) is 0.596. The van der Waals surface area contributed by atoms with Gasteiger partial charge in [-0.25, -0.2) is 15.0 Å². The summed E-state index contributed by atoms with van der Waals surface area (Å²) in [5.41, 5.74) is 10.5. The van der Waals surface area contributed by atoms with Crippen LogP contribution in [0.5, 0.6) is 0 Å². The largest absolute Gasteiger partial charge is 0.368 e. The summed E-state index contributed by atoms with van der Waals surface area (Å²) in [6, 6.07) is 10.2. The van der Waals surface area contributed by atoms with E-state index < -0.39 is 0 Å². The predicted molar refractivity (Wildman–Crippen MR) is 103 cm³/mol. The van der Waals surface area contributed by atoms with E-state index in [2.05, 4.69) is 58.5 Å². The number of hydrogen-bond donors (Lipinski definition) is 1. The Morgan fingerprint density at radius 1 is 0.885 bits per heavy atom. The third-order valence-corrected chi connectivity index (χ3v) is 4.27. The van der Waals surface area contributed by atoms with Crippen LogP contribution in [0.1, 0.15) is 20.8 Å². The molecule has 6 heteroatoms. The first-order valence-corrected chi connectivity index (χ1v) is 8.45. The molecule has 0 atom stereocenters. The molecule has 0 radical (unpaired) electrons. The third kappa shape index (κ3) is 2.79. The van der Waals surface area contributed by atoms with E-state index in [0.717, 1.165) is 33.5 Å². The molecule has 1 aromatic carbocycles. The lowest BCUT2D eigenvalue weighted by atomic mass is 10.1. The van der Waals surface area contributed by atoms with Gasteiger partial charge in [-0.2, -0.15) is 0 Å². The lowest BCUT2D eigenvalue weighted by Gasteiger charge is -2.24. The van der Waals surface area contributed by atoms with Crippen LogP contribution in [0.25, 0.3) is 33.5 Å². The molecule has 26 heavy (non-hydrogen) atoms. The van der Waals surface area contributed by atoms with Crippen molar-refractivity contribution >= 4 is 17.0 Å². The highest BCUT2D eigenvalue weighted by atomic mass is 15.1. The third-order valence-electron chi connectivity index (χ3n) is 4.27. The van der Waals surface area contributed by atoms with Crippen LogP contribution in [-0.2, 0) is 5.54 Å². The lowest BCUT2D eigenvalue weighted by Crippen LogP contribution is -2.22. The Kier molecular flexibility index (Phi) is 3.68. The average molecular weight is 344 g/mol. The summed E-state index contributed by atoms with van der Waals surface area (Å²) >= 11 is 0. The van der Waals surface area contributed by atoms with Crippen molar-refractivity contribution in [1.29, 1.82) is 0 Å². The number of nitrogen functional groups attached to an aromatic ring is 1. The fourth-order valence-corrected chi connectivity index (χ4v) is 3.12. The Balaban J connectivity index is 1.93. The molecule has 0 saturated heterocycles. The van der Waals surface area contributed by atoms with Crippen LogP contribution in [-0.4, -0.2) is 24.5 Å².